The van der Waals surface area contributed by atoms with Crippen molar-refractivity contribution in [1.82, 2.24) is 9.55 Å². The number of hydrogen-bond acceptors (Lipinski definition) is 6. The Morgan fingerprint density at radius 1 is 1.63 bits per heavy atom. The summed E-state index contributed by atoms with van der Waals surface area (Å²) in [6.07, 6.45) is -1.39. The lowest BCUT2D eigenvalue weighted by Crippen LogP contribution is -2.49. The van der Waals surface area contributed by atoms with Crippen molar-refractivity contribution in [2.75, 3.05) is 13.2 Å². The highest BCUT2D eigenvalue weighted by Crippen LogP contribution is 2.33. The summed E-state index contributed by atoms with van der Waals surface area (Å²) in [6.45, 7) is -0.699. The molecule has 3 atom stereocenters. The number of aromatic nitrogens is 2. The molecule has 1 aliphatic rings. The van der Waals surface area contributed by atoms with Crippen molar-refractivity contribution in [1.29, 1.82) is 0 Å². The maximum absolute atomic E-state index is 13.3. The minimum atomic E-state index is -1.49. The largest absolute Gasteiger partial charge is 0.394 e. The number of aliphatic hydroxyl groups excluding tert-OH is 2. The Hall–Kier alpha value is -1.55. The molecule has 0 bridgehead atoms. The zero-order valence-electron chi connectivity index (χ0n) is 9.88. The predicted octanol–water partition coefficient (Wildman–Crippen LogP) is -2.57. The molecule has 2 heterocycles. The highest BCUT2D eigenvalue weighted by molar-refractivity contribution is 4.98. The van der Waals surface area contributed by atoms with E-state index in [2.05, 4.69) is 0 Å². The van der Waals surface area contributed by atoms with E-state index in [4.69, 9.17) is 15.6 Å². The van der Waals surface area contributed by atoms with Gasteiger partial charge in [-0.2, -0.15) is 4.39 Å². The van der Waals surface area contributed by atoms with E-state index >= 15 is 0 Å². The van der Waals surface area contributed by atoms with Crippen LogP contribution < -0.4 is 17.0 Å². The number of nitrogens with zero attached hydrogens (tertiary/aromatic N) is 1. The molecule has 0 saturated carbocycles. The lowest BCUT2D eigenvalue weighted by molar-refractivity contribution is -0.113. The first kappa shape index (κ1) is 13.9. The molecule has 1 aromatic heterocycles. The summed E-state index contributed by atoms with van der Waals surface area (Å²) >= 11 is 0. The molecule has 9 heteroatoms. The molecule has 0 aromatic carbocycles. The quantitative estimate of drug-likeness (QED) is 0.479. The fraction of sp³-hybridized carbons (Fsp3) is 0.600. The van der Waals surface area contributed by atoms with Gasteiger partial charge in [-0.1, -0.05) is 0 Å². The van der Waals surface area contributed by atoms with Crippen LogP contribution in [0.5, 0.6) is 0 Å². The summed E-state index contributed by atoms with van der Waals surface area (Å²) in [5, 5.41) is 18.7. The van der Waals surface area contributed by atoms with Crippen LogP contribution in [0.1, 0.15) is 6.42 Å². The van der Waals surface area contributed by atoms with Crippen LogP contribution in [0.15, 0.2) is 15.8 Å². The van der Waals surface area contributed by atoms with Crippen LogP contribution in [0, 0.1) is 5.82 Å². The Labute approximate surface area is 106 Å². The second kappa shape index (κ2) is 4.85. The smallest absolute Gasteiger partial charge is 0.330 e. The van der Waals surface area contributed by atoms with Crippen LogP contribution in [0.2, 0.25) is 0 Å². The molecule has 2 rings (SSSR count). The minimum Gasteiger partial charge on any atom is -0.394 e. The van der Waals surface area contributed by atoms with Crippen molar-refractivity contribution in [2.45, 2.75) is 24.4 Å². The molecule has 1 fully saturated rings. The molecule has 0 amide bonds. The number of halogens is 1. The maximum atomic E-state index is 13.3. The summed E-state index contributed by atoms with van der Waals surface area (Å²) in [5.41, 5.74) is 2.01. The number of nitrogens with one attached hydrogen (secondary N) is 1. The van der Waals surface area contributed by atoms with Crippen molar-refractivity contribution in [3.05, 3.63) is 32.9 Å². The van der Waals surface area contributed by atoms with Gasteiger partial charge in [-0.25, -0.2) is 4.79 Å². The first-order valence-electron chi connectivity index (χ1n) is 5.62. The van der Waals surface area contributed by atoms with Crippen LogP contribution >= 0.6 is 0 Å². The molecule has 1 aliphatic heterocycles. The number of aliphatic hydroxyl groups is 2. The van der Waals surface area contributed by atoms with E-state index in [0.29, 0.717) is 6.20 Å². The van der Waals surface area contributed by atoms with Crippen LogP contribution in [0.4, 0.5) is 4.39 Å². The molecular weight excluding hydrogens is 261 g/mol. The highest BCUT2D eigenvalue weighted by Gasteiger charge is 2.47. The topological polar surface area (TPSA) is 131 Å². The first-order valence-corrected chi connectivity index (χ1v) is 5.62. The third-order valence-electron chi connectivity index (χ3n) is 3.16. The number of H-pyrrole nitrogens is 1. The van der Waals surface area contributed by atoms with E-state index in [0.717, 1.165) is 4.57 Å². The molecule has 106 valence electrons. The predicted molar refractivity (Wildman–Crippen MR) is 60.9 cm³/mol. The standard InChI is InChI=1S/C10H14FN3O5/c11-5-2-14(9(18)13-8(5)17)10(4-12)1-6(16)7(3-15)19-10/h2,6-7,15-16H,1,3-4,12H2,(H,13,17,18)/t6-,7+,10-/m0/s1. The number of hydrogen-bond donors (Lipinski definition) is 4. The molecule has 0 aliphatic carbocycles. The second-order valence-electron chi connectivity index (χ2n) is 4.37. The minimum absolute atomic E-state index is 0.0971. The van der Waals surface area contributed by atoms with E-state index in [1.807, 2.05) is 0 Å². The summed E-state index contributed by atoms with van der Waals surface area (Å²) in [7, 11) is 0. The first-order chi connectivity index (χ1) is 8.93. The monoisotopic (exact) mass is 275 g/mol. The number of rotatable bonds is 3. The zero-order valence-corrected chi connectivity index (χ0v) is 9.88. The van der Waals surface area contributed by atoms with Gasteiger partial charge < -0.3 is 20.7 Å². The van der Waals surface area contributed by atoms with E-state index in [1.54, 1.807) is 4.98 Å². The van der Waals surface area contributed by atoms with Crippen molar-refractivity contribution in [3.8, 4) is 0 Å². The molecule has 0 unspecified atom stereocenters. The van der Waals surface area contributed by atoms with E-state index in [-0.39, 0.29) is 13.0 Å². The van der Waals surface area contributed by atoms with Gasteiger partial charge in [0.05, 0.1) is 18.9 Å². The molecular formula is C10H14FN3O5. The van der Waals surface area contributed by atoms with Gasteiger partial charge in [0.1, 0.15) is 6.10 Å². The van der Waals surface area contributed by atoms with Gasteiger partial charge in [0.2, 0.25) is 5.82 Å². The van der Waals surface area contributed by atoms with Gasteiger partial charge >= 0.3 is 5.69 Å². The summed E-state index contributed by atoms with van der Waals surface area (Å²) < 4.78 is 19.4. The van der Waals surface area contributed by atoms with Gasteiger partial charge in [-0.3, -0.25) is 14.3 Å². The van der Waals surface area contributed by atoms with Crippen LogP contribution in [-0.2, 0) is 10.5 Å². The van der Waals surface area contributed by atoms with E-state index in [1.165, 1.54) is 0 Å². The molecule has 5 N–H and O–H groups in total. The molecule has 1 saturated heterocycles. The fourth-order valence-electron chi connectivity index (χ4n) is 2.16. The summed E-state index contributed by atoms with van der Waals surface area (Å²) in [4.78, 5) is 24.5. The second-order valence-corrected chi connectivity index (χ2v) is 4.37. The van der Waals surface area contributed by atoms with Crippen molar-refractivity contribution in [3.63, 3.8) is 0 Å². The number of ether oxygens (including phenoxy) is 1. The number of nitrogens with two attached hydrogens (primary N) is 1. The molecule has 19 heavy (non-hydrogen) atoms. The van der Waals surface area contributed by atoms with Crippen molar-refractivity contribution in [2.24, 2.45) is 5.73 Å². The Morgan fingerprint density at radius 2 is 2.32 bits per heavy atom. The molecule has 0 radical (unpaired) electrons. The van der Waals surface area contributed by atoms with Crippen LogP contribution in [-0.4, -0.2) is 45.1 Å². The SMILES string of the molecule is NC[C@]1(n2cc(F)c(=O)[nH]c2=O)C[C@H](O)[C@@H](CO)O1. The highest BCUT2D eigenvalue weighted by atomic mass is 19.1. The van der Waals surface area contributed by atoms with Crippen LogP contribution in [0.25, 0.3) is 0 Å². The third kappa shape index (κ3) is 2.21. The summed E-state index contributed by atoms with van der Waals surface area (Å²) in [5.74, 6) is -1.17. The molecule has 0 spiro atoms. The van der Waals surface area contributed by atoms with Gasteiger partial charge in [0.15, 0.2) is 5.72 Å². The van der Waals surface area contributed by atoms with Gasteiger partial charge in [0.25, 0.3) is 5.56 Å². The van der Waals surface area contributed by atoms with Crippen molar-refractivity contribution < 1.29 is 19.3 Å². The Kier molecular flexibility index (Phi) is 3.54. The summed E-state index contributed by atoms with van der Waals surface area (Å²) in [6, 6.07) is 0. The Bertz CT molecular complexity index is 585. The fourth-order valence-corrected chi connectivity index (χ4v) is 2.16. The van der Waals surface area contributed by atoms with Gasteiger partial charge in [-0.15, -0.1) is 0 Å². The lowest BCUT2D eigenvalue weighted by atomic mass is 10.1. The van der Waals surface area contributed by atoms with Crippen molar-refractivity contribution >= 4 is 0 Å². The normalized spacial score (nSPS) is 30.7. The third-order valence-corrected chi connectivity index (χ3v) is 3.16. The van der Waals surface area contributed by atoms with E-state index in [9.17, 15) is 19.1 Å². The maximum Gasteiger partial charge on any atom is 0.330 e. The average Bonchev–Trinajstić information content (AvgIpc) is 2.71. The molecule has 1 aromatic rings. The Balaban J connectivity index is 2.52. The van der Waals surface area contributed by atoms with E-state index < -0.39 is 41.6 Å². The van der Waals surface area contributed by atoms with Gasteiger partial charge in [-0.05, 0) is 0 Å². The Morgan fingerprint density at radius 3 is 2.84 bits per heavy atom. The van der Waals surface area contributed by atoms with Crippen LogP contribution in [0.3, 0.4) is 0 Å². The lowest BCUT2D eigenvalue weighted by Gasteiger charge is -2.29. The van der Waals surface area contributed by atoms with Gasteiger partial charge in [0, 0.05) is 13.0 Å². The molecule has 8 nitrogen and oxygen atoms in total. The number of aromatic amines is 1. The zero-order chi connectivity index (χ0) is 14.2. The average molecular weight is 275 g/mol.